The number of fused-ring (bicyclic) bond motifs is 1. The highest BCUT2D eigenvalue weighted by atomic mass is 35.5. The molecule has 10 heteroatoms. The molecule has 1 aliphatic heterocycles. The van der Waals surface area contributed by atoms with Crippen LogP contribution in [0.3, 0.4) is 0 Å². The van der Waals surface area contributed by atoms with Crippen molar-refractivity contribution in [2.24, 2.45) is 0 Å². The third-order valence-corrected chi connectivity index (χ3v) is 5.72. The van der Waals surface area contributed by atoms with Crippen molar-refractivity contribution in [2.45, 2.75) is 12.2 Å². The highest BCUT2D eigenvalue weighted by Crippen LogP contribution is 2.48. The Labute approximate surface area is 194 Å². The average Bonchev–Trinajstić information content (AvgIpc) is 3.42. The van der Waals surface area contributed by atoms with Gasteiger partial charge >= 0.3 is 0 Å². The molecule has 2 aromatic carbocycles. The minimum Gasteiger partial charge on any atom is -0.495 e. The number of nitrogen functional groups attached to an aromatic ring is 1. The number of hydrogen-bond donors (Lipinski definition) is 2. The van der Waals surface area contributed by atoms with Gasteiger partial charge < -0.3 is 25.1 Å². The van der Waals surface area contributed by atoms with Crippen molar-refractivity contribution in [1.29, 1.82) is 0 Å². The molecule has 0 spiro atoms. The van der Waals surface area contributed by atoms with E-state index in [0.29, 0.717) is 22.4 Å². The fraction of sp³-hybridized carbons (Fsp3) is 0.174. The molecular formula is C23H20ClFN6O2. The zero-order valence-electron chi connectivity index (χ0n) is 17.8. The topological polar surface area (TPSA) is 100 Å². The first-order valence-electron chi connectivity index (χ1n) is 10.1. The third kappa shape index (κ3) is 3.75. The van der Waals surface area contributed by atoms with Crippen LogP contribution in [0, 0.1) is 5.82 Å². The molecule has 0 radical (unpaired) electrons. The molecular weight excluding hydrogens is 447 g/mol. The van der Waals surface area contributed by atoms with Gasteiger partial charge in [-0.25, -0.2) is 14.4 Å². The van der Waals surface area contributed by atoms with E-state index in [2.05, 4.69) is 20.3 Å². The van der Waals surface area contributed by atoms with Gasteiger partial charge in [0, 0.05) is 13.2 Å². The van der Waals surface area contributed by atoms with E-state index in [0.717, 1.165) is 22.4 Å². The van der Waals surface area contributed by atoms with E-state index in [1.807, 2.05) is 18.2 Å². The first-order chi connectivity index (χ1) is 16.0. The second-order valence-corrected chi connectivity index (χ2v) is 7.85. The minimum atomic E-state index is -0.541. The van der Waals surface area contributed by atoms with Gasteiger partial charge in [0.1, 0.15) is 41.1 Å². The summed E-state index contributed by atoms with van der Waals surface area (Å²) >= 11 is 5.98. The Kier molecular flexibility index (Phi) is 5.35. The number of aromatic nitrogens is 4. The highest BCUT2D eigenvalue weighted by molar-refractivity contribution is 6.29. The lowest BCUT2D eigenvalue weighted by molar-refractivity contribution is 0.0570. The number of nitrogens with zero attached hydrogens (tertiary/aromatic N) is 4. The third-order valence-electron chi connectivity index (χ3n) is 5.52. The summed E-state index contributed by atoms with van der Waals surface area (Å²) in [5.41, 5.74) is 9.73. The Balaban J connectivity index is 1.62. The summed E-state index contributed by atoms with van der Waals surface area (Å²) in [7, 11) is 3.35. The predicted molar refractivity (Wildman–Crippen MR) is 122 cm³/mol. The molecule has 0 saturated carbocycles. The maximum atomic E-state index is 13.5. The van der Waals surface area contributed by atoms with Gasteiger partial charge in [-0.2, -0.15) is 4.98 Å². The molecule has 3 heterocycles. The van der Waals surface area contributed by atoms with Crippen LogP contribution in [0.25, 0.3) is 5.69 Å². The van der Waals surface area contributed by atoms with E-state index < -0.39 is 12.2 Å². The Morgan fingerprint density at radius 3 is 2.55 bits per heavy atom. The number of rotatable bonds is 5. The molecule has 2 aromatic heterocycles. The van der Waals surface area contributed by atoms with Crippen LogP contribution in [0.5, 0.6) is 5.75 Å². The van der Waals surface area contributed by atoms with Gasteiger partial charge in [0.2, 0.25) is 5.95 Å². The molecule has 5 rings (SSSR count). The van der Waals surface area contributed by atoms with Crippen molar-refractivity contribution in [1.82, 2.24) is 19.5 Å². The second-order valence-electron chi connectivity index (χ2n) is 7.46. The van der Waals surface area contributed by atoms with Crippen LogP contribution in [0.4, 0.5) is 16.2 Å². The summed E-state index contributed by atoms with van der Waals surface area (Å²) in [6.45, 7) is 0. The maximum absolute atomic E-state index is 13.5. The van der Waals surface area contributed by atoms with E-state index in [-0.39, 0.29) is 11.8 Å². The smallest absolute Gasteiger partial charge is 0.222 e. The van der Waals surface area contributed by atoms with Crippen molar-refractivity contribution in [3.63, 3.8) is 0 Å². The predicted octanol–water partition coefficient (Wildman–Crippen LogP) is 4.30. The summed E-state index contributed by atoms with van der Waals surface area (Å²) in [6.07, 6.45) is 2.26. The van der Waals surface area contributed by atoms with Crippen LogP contribution in [-0.2, 0) is 4.74 Å². The quantitative estimate of drug-likeness (QED) is 0.452. The number of ether oxygens (including phenoxy) is 2. The van der Waals surface area contributed by atoms with Gasteiger partial charge in [-0.3, -0.25) is 0 Å². The Bertz CT molecular complexity index is 1330. The van der Waals surface area contributed by atoms with Crippen molar-refractivity contribution < 1.29 is 13.9 Å². The van der Waals surface area contributed by atoms with Crippen LogP contribution in [0.15, 0.2) is 55.0 Å². The van der Waals surface area contributed by atoms with Gasteiger partial charge in [-0.1, -0.05) is 29.8 Å². The molecule has 168 valence electrons. The van der Waals surface area contributed by atoms with Crippen molar-refractivity contribution in [3.05, 3.63) is 88.3 Å². The van der Waals surface area contributed by atoms with E-state index in [1.54, 1.807) is 43.4 Å². The zero-order valence-corrected chi connectivity index (χ0v) is 18.5. The molecule has 0 fully saturated rings. The first kappa shape index (κ1) is 21.2. The molecule has 2 atom stereocenters. The second kappa shape index (κ2) is 8.34. The molecule has 0 amide bonds. The van der Waals surface area contributed by atoms with Gasteiger partial charge in [-0.15, -0.1) is 0 Å². The number of benzene rings is 2. The monoisotopic (exact) mass is 466 g/mol. The summed E-state index contributed by atoms with van der Waals surface area (Å²) in [5.74, 6) is 0.974. The SMILES string of the molecule is CNc1nc(N)nc2c1C(c1ccc(-n3cnc(Cl)c3)c(OC)c1)OC2c1ccc(F)cc1. The first-order valence-corrected chi connectivity index (χ1v) is 10.5. The number of methoxy groups -OCH3 is 1. The number of imidazole rings is 1. The summed E-state index contributed by atoms with van der Waals surface area (Å²) in [4.78, 5) is 12.9. The van der Waals surface area contributed by atoms with E-state index in [1.165, 1.54) is 12.1 Å². The summed E-state index contributed by atoms with van der Waals surface area (Å²) in [5, 5.41) is 3.47. The molecule has 4 aromatic rings. The summed E-state index contributed by atoms with van der Waals surface area (Å²) in [6, 6.07) is 11.9. The van der Waals surface area contributed by atoms with Crippen molar-refractivity contribution in [3.8, 4) is 11.4 Å². The largest absolute Gasteiger partial charge is 0.495 e. The fourth-order valence-electron chi connectivity index (χ4n) is 4.04. The van der Waals surface area contributed by atoms with Crippen LogP contribution in [-0.4, -0.2) is 33.7 Å². The number of nitrogens with two attached hydrogens (primary N) is 1. The van der Waals surface area contributed by atoms with Crippen molar-refractivity contribution in [2.75, 3.05) is 25.2 Å². The molecule has 0 aliphatic carbocycles. The van der Waals surface area contributed by atoms with Gasteiger partial charge in [-0.05, 0) is 35.4 Å². The maximum Gasteiger partial charge on any atom is 0.222 e. The zero-order chi connectivity index (χ0) is 23.1. The molecule has 33 heavy (non-hydrogen) atoms. The molecule has 3 N–H and O–H groups in total. The van der Waals surface area contributed by atoms with Gasteiger partial charge in [0.25, 0.3) is 0 Å². The lowest BCUT2D eigenvalue weighted by Crippen LogP contribution is -2.09. The van der Waals surface area contributed by atoms with E-state index >= 15 is 0 Å². The number of nitrogens with one attached hydrogen (secondary N) is 1. The number of halogens is 2. The van der Waals surface area contributed by atoms with E-state index in [4.69, 9.17) is 26.8 Å². The van der Waals surface area contributed by atoms with E-state index in [9.17, 15) is 4.39 Å². The number of anilines is 2. The number of hydrogen-bond acceptors (Lipinski definition) is 7. The van der Waals surface area contributed by atoms with Gasteiger partial charge in [0.15, 0.2) is 0 Å². The van der Waals surface area contributed by atoms with Crippen LogP contribution < -0.4 is 15.8 Å². The minimum absolute atomic E-state index is 0.124. The molecule has 0 bridgehead atoms. The Hall–Kier alpha value is -3.69. The van der Waals surface area contributed by atoms with Crippen molar-refractivity contribution >= 4 is 23.4 Å². The summed E-state index contributed by atoms with van der Waals surface area (Å²) < 4.78 is 27.4. The highest BCUT2D eigenvalue weighted by Gasteiger charge is 2.38. The van der Waals surface area contributed by atoms with Crippen LogP contribution in [0.2, 0.25) is 5.15 Å². The molecule has 2 unspecified atom stereocenters. The average molecular weight is 467 g/mol. The lowest BCUT2D eigenvalue weighted by Gasteiger charge is -2.18. The fourth-order valence-corrected chi connectivity index (χ4v) is 4.19. The normalized spacial score (nSPS) is 17.1. The van der Waals surface area contributed by atoms with Gasteiger partial charge in [0.05, 0.1) is 24.1 Å². The van der Waals surface area contributed by atoms with Crippen LogP contribution >= 0.6 is 11.6 Å². The Morgan fingerprint density at radius 1 is 1.12 bits per heavy atom. The lowest BCUT2D eigenvalue weighted by atomic mass is 9.99. The standard InChI is InChI=1S/C23H20ClFN6O2/c1-27-22-18-19(29-23(26)30-22)21(12-3-6-14(25)7-4-12)33-20(18)13-5-8-15(16(9-13)32-2)31-10-17(24)28-11-31/h3-11,20-21H,1-2H3,(H3,26,27,29,30). The molecule has 0 saturated heterocycles. The molecule has 8 nitrogen and oxygen atoms in total. The van der Waals surface area contributed by atoms with Crippen LogP contribution in [0.1, 0.15) is 34.6 Å². The Morgan fingerprint density at radius 2 is 1.88 bits per heavy atom. The molecule has 1 aliphatic rings.